The third-order valence-corrected chi connectivity index (χ3v) is 13.7. The monoisotopic (exact) mass is 716 g/mol. The molecule has 1 aliphatic heterocycles. The van der Waals surface area contributed by atoms with Crippen molar-refractivity contribution in [2.45, 2.75) is 161 Å². The van der Waals surface area contributed by atoms with Gasteiger partial charge in [0.05, 0.1) is 22.1 Å². The molecule has 5 amide bonds. The molecule has 278 valence electrons. The summed E-state index contributed by atoms with van der Waals surface area (Å²) >= 11 is 0. The van der Waals surface area contributed by atoms with E-state index in [2.05, 4.69) is 21.3 Å². The van der Waals surface area contributed by atoms with Gasteiger partial charge in [0.2, 0.25) is 17.6 Å². The Bertz CT molecular complexity index is 1680. The maximum atomic E-state index is 15.0. The Morgan fingerprint density at radius 3 is 2.16 bits per heavy atom. The van der Waals surface area contributed by atoms with E-state index in [-0.39, 0.29) is 31.8 Å². The average molecular weight is 717 g/mol. The van der Waals surface area contributed by atoms with E-state index >= 15 is 4.79 Å². The van der Waals surface area contributed by atoms with Gasteiger partial charge in [-0.2, -0.15) is 0 Å². The number of nitrogens with zero attached hydrogens (tertiary/aromatic N) is 1. The molecule has 0 radical (unpaired) electrons. The predicted octanol–water partition coefficient (Wildman–Crippen LogP) is 3.62. The van der Waals surface area contributed by atoms with E-state index in [4.69, 9.17) is 12.3 Å². The van der Waals surface area contributed by atoms with Crippen molar-refractivity contribution in [3.8, 4) is 0 Å². The van der Waals surface area contributed by atoms with Crippen molar-refractivity contribution in [2.24, 2.45) is 22.7 Å². The van der Waals surface area contributed by atoms with Gasteiger partial charge in [0.1, 0.15) is 12.1 Å². The van der Waals surface area contributed by atoms with Crippen LogP contribution >= 0.6 is 0 Å². The number of hydrogen-bond acceptors (Lipinski definition) is 7. The molecule has 12 nitrogen and oxygen atoms in total. The Morgan fingerprint density at radius 2 is 1.61 bits per heavy atom. The van der Waals surface area contributed by atoms with E-state index in [9.17, 15) is 27.6 Å². The summed E-state index contributed by atoms with van der Waals surface area (Å²) in [5, 5.41) is 9.97. The summed E-state index contributed by atoms with van der Waals surface area (Å²) in [4.78, 5) is 70.6. The Balaban J connectivity index is 1.80. The number of carbonyl (C=O) groups excluding carboxylic acids is 5. The average Bonchev–Trinajstić information content (AvgIpc) is 3.90. The minimum atomic E-state index is -3.97. The minimum Gasteiger partial charge on any atom is -0.347 e. The molecule has 0 bridgehead atoms. The van der Waals surface area contributed by atoms with Crippen LogP contribution in [0, 0.1) is 22.7 Å². The first kappa shape index (κ1) is 28.0. The summed E-state index contributed by atoms with van der Waals surface area (Å²) in [6.07, 6.45) is 4.59. The zero-order chi connectivity index (χ0) is 44.2. The quantitative estimate of drug-likeness (QED) is 0.211. The number of Topliss-reactive ketones (excluding diaryl/α,β-unsaturated/α-hetero) is 1. The van der Waals surface area contributed by atoms with Crippen LogP contribution in [-0.2, 0) is 29.0 Å². The highest BCUT2D eigenvalue weighted by Crippen LogP contribution is 2.65. The highest BCUT2D eigenvalue weighted by molar-refractivity contribution is 7.92. The molecule has 13 heteroatoms. The molecule has 5 atom stereocenters. The van der Waals surface area contributed by atoms with Gasteiger partial charge in [0.15, 0.2) is 9.84 Å². The lowest BCUT2D eigenvalue weighted by Gasteiger charge is -2.41. The van der Waals surface area contributed by atoms with Gasteiger partial charge < -0.3 is 26.2 Å². The highest BCUT2D eigenvalue weighted by Gasteiger charge is 2.70. The number of fused-ring (bicyclic) bond motifs is 1. The highest BCUT2D eigenvalue weighted by atomic mass is 32.2. The second-order valence-corrected chi connectivity index (χ2v) is 19.0. The minimum absolute atomic E-state index is 0.0780. The number of unbranched alkanes of at least 4 members (excludes halogenated alkanes) is 1. The SMILES string of the molecule is [2H]C([2H])([2H])C([C@H](NC(=O)NC1(CS(=O)(=O)C(C)(C)C)CCCCC1)C(=O)N1C[C@H]2[C@@H]([C@H]1C(=O)N[C@@H](CCCC)C(=O)C(=O)NC1CC1)C2(C)C)(C([2H])([2H])[2H])C([2H])([2H])[2H]. The second-order valence-electron chi connectivity index (χ2n) is 16.3. The van der Waals surface area contributed by atoms with Crippen LogP contribution in [0.15, 0.2) is 0 Å². The molecule has 0 aromatic rings. The molecule has 3 saturated carbocycles. The lowest BCUT2D eigenvalue weighted by Crippen LogP contribution is -2.64. The number of carbonyl (C=O) groups is 5. The molecule has 49 heavy (non-hydrogen) atoms. The van der Waals surface area contributed by atoms with Crippen LogP contribution in [0.3, 0.4) is 0 Å². The van der Waals surface area contributed by atoms with Gasteiger partial charge in [-0.1, -0.05) is 73.4 Å². The number of ketones is 1. The standard InChI is InChI=1S/C36H61N5O7S/c1-10-11-15-24(27(42)30(44)37-22-16-17-22)38-29(43)26-25-23(35(25,8)9)20-41(26)31(45)28(33(2,3)4)39-32(46)40-36(18-13-12-14-19-36)21-49(47,48)34(5,6)7/h22-26,28H,10-21H2,1-9H3,(H,37,44)(H,38,43)(H2,39,40,46)/t23-,24-,25-,26-,28+/m0/s1/i2D3,3D3,4D3. The van der Waals surface area contributed by atoms with Crippen molar-refractivity contribution in [3.63, 3.8) is 0 Å². The number of rotatable bonds is 13. The fourth-order valence-corrected chi connectivity index (χ4v) is 8.95. The van der Waals surface area contributed by atoms with Crippen molar-refractivity contribution >= 4 is 39.4 Å². The Hall–Kier alpha value is -2.70. The molecule has 4 N–H and O–H groups in total. The molecule has 4 rings (SSSR count). The molecule has 4 fully saturated rings. The second kappa shape index (κ2) is 14.1. The van der Waals surface area contributed by atoms with E-state index in [0.717, 1.165) is 11.3 Å². The van der Waals surface area contributed by atoms with E-state index in [1.165, 1.54) is 20.8 Å². The molecule has 0 aromatic heterocycles. The molecular weight excluding hydrogens is 646 g/mol. The molecule has 0 aromatic carbocycles. The number of piperidine rings is 1. The third-order valence-electron chi connectivity index (χ3n) is 10.9. The number of urea groups is 1. The lowest BCUT2D eigenvalue weighted by molar-refractivity contribution is -0.145. The van der Waals surface area contributed by atoms with Crippen molar-refractivity contribution < 1.29 is 44.7 Å². The van der Waals surface area contributed by atoms with Crippen LogP contribution in [-0.4, -0.2) is 89.6 Å². The number of amides is 5. The zero-order valence-corrected chi connectivity index (χ0v) is 30.5. The maximum absolute atomic E-state index is 15.0. The van der Waals surface area contributed by atoms with Crippen LogP contribution in [0.1, 0.15) is 139 Å². The summed E-state index contributed by atoms with van der Waals surface area (Å²) in [6, 6.07) is -7.12. The van der Waals surface area contributed by atoms with Gasteiger partial charge in [-0.05, 0) is 75.5 Å². The van der Waals surface area contributed by atoms with E-state index in [0.29, 0.717) is 38.5 Å². The van der Waals surface area contributed by atoms with Crippen LogP contribution in [0.5, 0.6) is 0 Å². The summed E-state index contributed by atoms with van der Waals surface area (Å²) in [5.74, 6) is -5.69. The number of sulfone groups is 1. The van der Waals surface area contributed by atoms with Crippen molar-refractivity contribution in [1.82, 2.24) is 26.2 Å². The predicted molar refractivity (Wildman–Crippen MR) is 188 cm³/mol. The summed E-state index contributed by atoms with van der Waals surface area (Å²) in [7, 11) is -3.90. The largest absolute Gasteiger partial charge is 0.347 e. The van der Waals surface area contributed by atoms with Crippen LogP contribution < -0.4 is 21.3 Å². The third kappa shape index (κ3) is 8.79. The zero-order valence-electron chi connectivity index (χ0n) is 38.7. The summed E-state index contributed by atoms with van der Waals surface area (Å²) in [5.41, 5.74) is -5.95. The topological polar surface area (TPSA) is 171 Å². The van der Waals surface area contributed by atoms with Crippen molar-refractivity contribution in [2.75, 3.05) is 12.3 Å². The van der Waals surface area contributed by atoms with E-state index in [1.54, 1.807) is 0 Å². The van der Waals surface area contributed by atoms with Crippen LogP contribution in [0.4, 0.5) is 4.79 Å². The first-order valence-electron chi connectivity index (χ1n) is 22.1. The fourth-order valence-electron chi connectivity index (χ4n) is 7.43. The Labute approximate surface area is 306 Å². The summed E-state index contributed by atoms with van der Waals surface area (Å²) in [6.45, 7) is -2.20. The van der Waals surface area contributed by atoms with Crippen molar-refractivity contribution in [1.29, 1.82) is 0 Å². The molecule has 0 spiro atoms. The van der Waals surface area contributed by atoms with Gasteiger partial charge in [-0.15, -0.1) is 0 Å². The molecule has 0 unspecified atom stereocenters. The first-order chi connectivity index (χ1) is 26.3. The van der Waals surface area contributed by atoms with Gasteiger partial charge in [0.25, 0.3) is 5.91 Å². The van der Waals surface area contributed by atoms with Crippen molar-refractivity contribution in [3.05, 3.63) is 0 Å². The molecular formula is C36H61N5O7S. The normalized spacial score (nSPS) is 29.2. The maximum Gasteiger partial charge on any atom is 0.315 e. The molecule has 3 aliphatic carbocycles. The van der Waals surface area contributed by atoms with Gasteiger partial charge in [0, 0.05) is 24.9 Å². The van der Waals surface area contributed by atoms with Gasteiger partial charge >= 0.3 is 6.03 Å². The smallest absolute Gasteiger partial charge is 0.315 e. The fraction of sp³-hybridized carbons (Fsp3) is 0.861. The van der Waals surface area contributed by atoms with Crippen LogP contribution in [0.25, 0.3) is 0 Å². The first-order valence-corrected chi connectivity index (χ1v) is 19.2. The lowest BCUT2D eigenvalue weighted by atomic mass is 9.83. The molecule has 4 aliphatic rings. The summed E-state index contributed by atoms with van der Waals surface area (Å²) < 4.78 is 102. The molecule has 1 heterocycles. The number of nitrogens with one attached hydrogen (secondary N) is 4. The van der Waals surface area contributed by atoms with Crippen LogP contribution in [0.2, 0.25) is 0 Å². The number of hydrogen-bond donors (Lipinski definition) is 4. The Morgan fingerprint density at radius 1 is 0.980 bits per heavy atom. The van der Waals surface area contributed by atoms with Gasteiger partial charge in [-0.25, -0.2) is 13.2 Å². The number of likely N-dealkylation sites (tertiary alicyclic amines) is 1. The van der Waals surface area contributed by atoms with E-state index in [1.807, 2.05) is 20.8 Å². The van der Waals surface area contributed by atoms with E-state index < -0.39 is 117 Å². The van der Waals surface area contributed by atoms with Gasteiger partial charge in [-0.3, -0.25) is 19.2 Å². The molecule has 1 saturated heterocycles. The Kier molecular flexibility index (Phi) is 8.06.